The van der Waals surface area contributed by atoms with Gasteiger partial charge in [0.05, 0.1) is 0 Å². The third-order valence-corrected chi connectivity index (χ3v) is 3.83. The van der Waals surface area contributed by atoms with E-state index in [4.69, 9.17) is 0 Å². The van der Waals surface area contributed by atoms with Gasteiger partial charge in [0.25, 0.3) is 0 Å². The number of rotatable bonds is 10. The highest BCUT2D eigenvalue weighted by molar-refractivity contribution is 5.60. The molecular formula is C18H28N4. The van der Waals surface area contributed by atoms with Crippen LogP contribution >= 0.6 is 0 Å². The van der Waals surface area contributed by atoms with E-state index in [2.05, 4.69) is 34.6 Å². The standard InChI is InChI=1S/C18H28N4/c1-3-4-5-6-7-11-14-19-15-17-18(21-22(2)20-17)16-12-9-8-10-13-16/h8-10,12-13,19H,3-7,11,14-15H2,1-2H3. The number of nitrogens with one attached hydrogen (secondary N) is 1. The van der Waals surface area contributed by atoms with Gasteiger partial charge in [-0.2, -0.15) is 15.0 Å². The first kappa shape index (κ1) is 16.7. The summed E-state index contributed by atoms with van der Waals surface area (Å²) < 4.78 is 0. The highest BCUT2D eigenvalue weighted by Gasteiger charge is 2.10. The maximum atomic E-state index is 4.50. The molecule has 120 valence electrons. The number of hydrogen-bond acceptors (Lipinski definition) is 3. The summed E-state index contributed by atoms with van der Waals surface area (Å²) in [5, 5.41) is 12.5. The molecule has 22 heavy (non-hydrogen) atoms. The summed E-state index contributed by atoms with van der Waals surface area (Å²) in [6.45, 7) is 4.09. The quantitative estimate of drug-likeness (QED) is 0.676. The maximum Gasteiger partial charge on any atom is 0.117 e. The molecule has 1 aromatic heterocycles. The van der Waals surface area contributed by atoms with Gasteiger partial charge in [-0.3, -0.25) is 0 Å². The summed E-state index contributed by atoms with van der Waals surface area (Å²) in [5.74, 6) is 0. The summed E-state index contributed by atoms with van der Waals surface area (Å²) in [5.41, 5.74) is 3.14. The van der Waals surface area contributed by atoms with Crippen LogP contribution in [0.3, 0.4) is 0 Å². The number of hydrogen-bond donors (Lipinski definition) is 1. The smallest absolute Gasteiger partial charge is 0.117 e. The van der Waals surface area contributed by atoms with Gasteiger partial charge in [-0.25, -0.2) is 0 Å². The van der Waals surface area contributed by atoms with E-state index in [-0.39, 0.29) is 0 Å². The summed E-state index contributed by atoms with van der Waals surface area (Å²) in [6.07, 6.45) is 7.97. The van der Waals surface area contributed by atoms with Crippen LogP contribution in [-0.4, -0.2) is 21.5 Å². The van der Waals surface area contributed by atoms with Crippen molar-refractivity contribution in [2.45, 2.75) is 52.0 Å². The largest absolute Gasteiger partial charge is 0.311 e. The lowest BCUT2D eigenvalue weighted by Gasteiger charge is -2.04. The van der Waals surface area contributed by atoms with Crippen LogP contribution in [0.5, 0.6) is 0 Å². The van der Waals surface area contributed by atoms with Crippen LogP contribution in [0.25, 0.3) is 11.3 Å². The van der Waals surface area contributed by atoms with E-state index in [1.807, 2.05) is 25.2 Å². The third kappa shape index (κ3) is 5.26. The Morgan fingerprint density at radius 3 is 2.45 bits per heavy atom. The molecule has 0 saturated carbocycles. The molecule has 4 heteroatoms. The van der Waals surface area contributed by atoms with Gasteiger partial charge in [0.2, 0.25) is 0 Å². The SMILES string of the molecule is CCCCCCCCNCc1nn(C)nc1-c1ccccc1. The Kier molecular flexibility index (Phi) is 7.10. The molecule has 0 amide bonds. The van der Waals surface area contributed by atoms with Gasteiger partial charge >= 0.3 is 0 Å². The molecule has 4 nitrogen and oxygen atoms in total. The maximum absolute atomic E-state index is 4.50. The van der Waals surface area contributed by atoms with Crippen molar-refractivity contribution >= 4 is 0 Å². The average Bonchev–Trinajstić information content (AvgIpc) is 2.92. The number of aryl methyl sites for hydroxylation is 1. The fraction of sp³-hybridized carbons (Fsp3) is 0.556. The molecule has 1 N–H and O–H groups in total. The van der Waals surface area contributed by atoms with Crippen molar-refractivity contribution in [1.29, 1.82) is 0 Å². The molecule has 0 bridgehead atoms. The summed E-state index contributed by atoms with van der Waals surface area (Å²) in [6, 6.07) is 10.3. The van der Waals surface area contributed by atoms with E-state index in [9.17, 15) is 0 Å². The van der Waals surface area contributed by atoms with Gasteiger partial charge in [0.15, 0.2) is 0 Å². The minimum Gasteiger partial charge on any atom is -0.311 e. The molecule has 0 saturated heterocycles. The lowest BCUT2D eigenvalue weighted by molar-refractivity contribution is 0.565. The Labute approximate surface area is 133 Å². The van der Waals surface area contributed by atoms with Crippen LogP contribution in [-0.2, 0) is 13.6 Å². The molecule has 0 unspecified atom stereocenters. The van der Waals surface area contributed by atoms with Gasteiger partial charge in [-0.15, -0.1) is 0 Å². The molecule has 2 aromatic rings. The molecule has 2 rings (SSSR count). The highest BCUT2D eigenvalue weighted by Crippen LogP contribution is 2.19. The lowest BCUT2D eigenvalue weighted by Crippen LogP contribution is -2.15. The van der Waals surface area contributed by atoms with Gasteiger partial charge in [0, 0.05) is 19.2 Å². The summed E-state index contributed by atoms with van der Waals surface area (Å²) in [4.78, 5) is 1.66. The Hall–Kier alpha value is -1.68. The molecule has 1 heterocycles. The zero-order chi connectivity index (χ0) is 15.6. The Balaban J connectivity index is 1.76. The van der Waals surface area contributed by atoms with Crippen molar-refractivity contribution in [2.24, 2.45) is 7.05 Å². The van der Waals surface area contributed by atoms with Crippen molar-refractivity contribution in [3.63, 3.8) is 0 Å². The average molecular weight is 300 g/mol. The van der Waals surface area contributed by atoms with E-state index in [0.29, 0.717) is 0 Å². The Morgan fingerprint density at radius 1 is 0.955 bits per heavy atom. The van der Waals surface area contributed by atoms with Gasteiger partial charge in [0.1, 0.15) is 11.4 Å². The monoisotopic (exact) mass is 300 g/mol. The molecule has 0 aliphatic carbocycles. The number of nitrogens with zero attached hydrogens (tertiary/aromatic N) is 3. The van der Waals surface area contributed by atoms with E-state index in [1.165, 1.54) is 38.5 Å². The molecule has 0 spiro atoms. The Morgan fingerprint density at radius 2 is 1.68 bits per heavy atom. The molecular weight excluding hydrogens is 272 g/mol. The van der Waals surface area contributed by atoms with Crippen LogP contribution < -0.4 is 5.32 Å². The first-order chi connectivity index (χ1) is 10.8. The molecule has 1 aromatic carbocycles. The normalized spacial score (nSPS) is 11.0. The summed E-state index contributed by atoms with van der Waals surface area (Å²) >= 11 is 0. The van der Waals surface area contributed by atoms with Crippen LogP contribution in [0.2, 0.25) is 0 Å². The first-order valence-corrected chi connectivity index (χ1v) is 8.47. The molecule has 0 fully saturated rings. The van der Waals surface area contributed by atoms with Crippen molar-refractivity contribution in [3.8, 4) is 11.3 Å². The van der Waals surface area contributed by atoms with Gasteiger partial charge < -0.3 is 5.32 Å². The molecule has 0 atom stereocenters. The zero-order valence-electron chi connectivity index (χ0n) is 13.9. The van der Waals surface area contributed by atoms with E-state index < -0.39 is 0 Å². The fourth-order valence-electron chi connectivity index (χ4n) is 2.62. The minimum absolute atomic E-state index is 0.785. The predicted molar refractivity (Wildman–Crippen MR) is 91.5 cm³/mol. The third-order valence-electron chi connectivity index (χ3n) is 3.83. The van der Waals surface area contributed by atoms with Crippen LogP contribution in [0.4, 0.5) is 0 Å². The second-order valence-electron chi connectivity index (χ2n) is 5.80. The van der Waals surface area contributed by atoms with Crippen molar-refractivity contribution in [1.82, 2.24) is 20.3 Å². The first-order valence-electron chi connectivity index (χ1n) is 8.47. The number of benzene rings is 1. The van der Waals surface area contributed by atoms with Crippen LogP contribution in [0.15, 0.2) is 30.3 Å². The topological polar surface area (TPSA) is 42.7 Å². The Bertz CT molecular complexity index is 533. The van der Waals surface area contributed by atoms with Crippen molar-refractivity contribution in [2.75, 3.05) is 6.54 Å². The van der Waals surface area contributed by atoms with Crippen LogP contribution in [0.1, 0.15) is 51.1 Å². The number of aromatic nitrogens is 3. The van der Waals surface area contributed by atoms with E-state index in [1.54, 1.807) is 4.80 Å². The number of unbranched alkanes of at least 4 members (excludes halogenated alkanes) is 5. The minimum atomic E-state index is 0.785. The lowest BCUT2D eigenvalue weighted by atomic mass is 10.1. The van der Waals surface area contributed by atoms with Crippen LogP contribution in [0, 0.1) is 0 Å². The molecule has 0 aliphatic rings. The summed E-state index contributed by atoms with van der Waals surface area (Å²) in [7, 11) is 1.88. The van der Waals surface area contributed by atoms with E-state index in [0.717, 1.165) is 30.0 Å². The van der Waals surface area contributed by atoms with E-state index >= 15 is 0 Å². The highest BCUT2D eigenvalue weighted by atomic mass is 15.5. The molecule has 0 aliphatic heterocycles. The van der Waals surface area contributed by atoms with Gasteiger partial charge in [-0.05, 0) is 13.0 Å². The predicted octanol–water partition coefficient (Wildman–Crippen LogP) is 3.93. The zero-order valence-corrected chi connectivity index (χ0v) is 13.9. The second-order valence-corrected chi connectivity index (χ2v) is 5.80. The second kappa shape index (κ2) is 9.36. The van der Waals surface area contributed by atoms with Crippen molar-refractivity contribution < 1.29 is 0 Å². The fourth-order valence-corrected chi connectivity index (χ4v) is 2.62. The van der Waals surface area contributed by atoms with Crippen molar-refractivity contribution in [3.05, 3.63) is 36.0 Å². The van der Waals surface area contributed by atoms with Gasteiger partial charge in [-0.1, -0.05) is 69.4 Å². The molecule has 0 radical (unpaired) electrons.